The lowest BCUT2D eigenvalue weighted by Gasteiger charge is -2.11. The van der Waals surface area contributed by atoms with Crippen molar-refractivity contribution in [1.82, 2.24) is 5.32 Å². The molecule has 0 aliphatic carbocycles. The van der Waals surface area contributed by atoms with Crippen LogP contribution in [0.15, 0.2) is 18.2 Å². The lowest BCUT2D eigenvalue weighted by atomic mass is 10.1. The molecule has 0 heterocycles. The van der Waals surface area contributed by atoms with Crippen LogP contribution in [0.2, 0.25) is 0 Å². The third-order valence-corrected chi connectivity index (χ3v) is 2.22. The first kappa shape index (κ1) is 16.1. The molecule has 0 saturated carbocycles. The highest BCUT2D eigenvalue weighted by molar-refractivity contribution is 5.95. The van der Waals surface area contributed by atoms with Crippen LogP contribution in [-0.4, -0.2) is 23.4 Å². The number of hydrogen-bond donors (Lipinski definition) is 3. The van der Waals surface area contributed by atoms with Gasteiger partial charge in [0.15, 0.2) is 0 Å². The third-order valence-electron chi connectivity index (χ3n) is 2.22. The predicted molar refractivity (Wildman–Crippen MR) is 70.7 cm³/mol. The number of nitrogens with two attached hydrogens (primary N) is 2. The van der Waals surface area contributed by atoms with Crippen molar-refractivity contribution in [1.29, 1.82) is 0 Å². The van der Waals surface area contributed by atoms with E-state index < -0.39 is 10.8 Å². The van der Waals surface area contributed by atoms with Gasteiger partial charge in [-0.15, -0.1) is 12.4 Å². The second kappa shape index (κ2) is 6.77. The van der Waals surface area contributed by atoms with Crippen molar-refractivity contribution in [3.63, 3.8) is 0 Å². The lowest BCUT2D eigenvalue weighted by molar-refractivity contribution is -0.383. The number of nitrogens with zero attached hydrogens (tertiary/aromatic N) is 1. The monoisotopic (exact) mass is 274 g/mol. The fourth-order valence-electron chi connectivity index (χ4n) is 1.21. The van der Waals surface area contributed by atoms with Gasteiger partial charge in [0.25, 0.3) is 11.6 Å². The number of nitrogen functional groups attached to an aromatic ring is 1. The lowest BCUT2D eigenvalue weighted by Crippen LogP contribution is -2.37. The highest BCUT2D eigenvalue weighted by atomic mass is 35.5. The maximum absolute atomic E-state index is 11.7. The topological polar surface area (TPSA) is 124 Å². The smallest absolute Gasteiger partial charge is 0.292 e. The molecule has 0 spiro atoms. The molecule has 1 rings (SSSR count). The van der Waals surface area contributed by atoms with Crippen molar-refractivity contribution in [2.75, 3.05) is 12.3 Å². The molecular weight excluding hydrogens is 260 g/mol. The summed E-state index contributed by atoms with van der Waals surface area (Å²) in [5, 5.41) is 13.3. The minimum absolute atomic E-state index is 0. The highest BCUT2D eigenvalue weighted by Crippen LogP contribution is 2.22. The Morgan fingerprint density at radius 1 is 1.56 bits per heavy atom. The molecule has 0 aliphatic heterocycles. The Kier molecular flexibility index (Phi) is 6.07. The van der Waals surface area contributed by atoms with E-state index in [1.807, 2.05) is 0 Å². The number of nitrogens with one attached hydrogen (secondary N) is 1. The minimum Gasteiger partial charge on any atom is -0.393 e. The quantitative estimate of drug-likeness (QED) is 0.423. The summed E-state index contributed by atoms with van der Waals surface area (Å²) < 4.78 is 0. The zero-order valence-corrected chi connectivity index (χ0v) is 10.6. The summed E-state index contributed by atoms with van der Waals surface area (Å²) in [7, 11) is 0. The van der Waals surface area contributed by atoms with E-state index in [4.69, 9.17) is 11.5 Å². The average molecular weight is 275 g/mol. The largest absolute Gasteiger partial charge is 0.393 e. The third kappa shape index (κ3) is 3.86. The van der Waals surface area contributed by atoms with Gasteiger partial charge in [0.05, 0.1) is 4.92 Å². The van der Waals surface area contributed by atoms with Gasteiger partial charge in [0, 0.05) is 24.2 Å². The van der Waals surface area contributed by atoms with Crippen LogP contribution in [0.3, 0.4) is 0 Å². The molecular formula is C10H15ClN4O3. The summed E-state index contributed by atoms with van der Waals surface area (Å²) in [5.41, 5.74) is 10.7. The Labute approximate surface area is 110 Å². The zero-order chi connectivity index (χ0) is 13.0. The average Bonchev–Trinajstić information content (AvgIpc) is 2.28. The van der Waals surface area contributed by atoms with Crippen LogP contribution in [0.25, 0.3) is 0 Å². The van der Waals surface area contributed by atoms with Crippen molar-refractivity contribution >= 4 is 29.7 Å². The van der Waals surface area contributed by atoms with E-state index in [0.29, 0.717) is 6.54 Å². The molecule has 1 amide bonds. The van der Waals surface area contributed by atoms with Gasteiger partial charge in [-0.1, -0.05) is 0 Å². The van der Waals surface area contributed by atoms with Crippen LogP contribution >= 0.6 is 12.4 Å². The fraction of sp³-hybridized carbons (Fsp3) is 0.300. The molecule has 1 aromatic carbocycles. The van der Waals surface area contributed by atoms with Gasteiger partial charge < -0.3 is 16.8 Å². The number of halogens is 1. The van der Waals surface area contributed by atoms with Crippen molar-refractivity contribution in [3.8, 4) is 0 Å². The fourth-order valence-corrected chi connectivity index (χ4v) is 1.21. The SMILES string of the molecule is C[C@@H](CN)NC(=O)c1ccc(N)c([N+](=O)[O-])c1.Cl. The predicted octanol–water partition coefficient (Wildman–Crippen LogP) is 0.676. The Morgan fingerprint density at radius 3 is 2.67 bits per heavy atom. The van der Waals surface area contributed by atoms with Crippen molar-refractivity contribution in [3.05, 3.63) is 33.9 Å². The normalized spacial score (nSPS) is 11.2. The highest BCUT2D eigenvalue weighted by Gasteiger charge is 2.16. The second-order valence-corrected chi connectivity index (χ2v) is 3.64. The molecule has 18 heavy (non-hydrogen) atoms. The minimum atomic E-state index is -0.627. The summed E-state index contributed by atoms with van der Waals surface area (Å²) in [4.78, 5) is 21.7. The van der Waals surface area contributed by atoms with Crippen LogP contribution in [0.5, 0.6) is 0 Å². The van der Waals surface area contributed by atoms with Crippen LogP contribution < -0.4 is 16.8 Å². The number of amides is 1. The molecule has 1 aromatic rings. The van der Waals surface area contributed by atoms with Gasteiger partial charge in [-0.2, -0.15) is 0 Å². The molecule has 0 saturated heterocycles. The zero-order valence-electron chi connectivity index (χ0n) is 9.75. The van der Waals surface area contributed by atoms with E-state index in [-0.39, 0.29) is 35.4 Å². The first-order valence-electron chi connectivity index (χ1n) is 5.00. The maximum Gasteiger partial charge on any atom is 0.292 e. The number of anilines is 1. The molecule has 100 valence electrons. The number of nitro groups is 1. The number of carbonyl (C=O) groups is 1. The first-order valence-corrected chi connectivity index (χ1v) is 5.00. The summed E-state index contributed by atoms with van der Waals surface area (Å²) in [6, 6.07) is 3.72. The molecule has 0 aliphatic rings. The van der Waals surface area contributed by atoms with Crippen molar-refractivity contribution in [2.45, 2.75) is 13.0 Å². The summed E-state index contributed by atoms with van der Waals surface area (Å²) in [6.07, 6.45) is 0. The van der Waals surface area contributed by atoms with E-state index in [1.54, 1.807) is 6.92 Å². The summed E-state index contributed by atoms with van der Waals surface area (Å²) in [5.74, 6) is -0.411. The van der Waals surface area contributed by atoms with Crippen LogP contribution in [0.1, 0.15) is 17.3 Å². The number of nitro benzene ring substituents is 1. The molecule has 0 aromatic heterocycles. The Balaban J connectivity index is 0.00000289. The summed E-state index contributed by atoms with van der Waals surface area (Å²) in [6.45, 7) is 2.03. The van der Waals surface area contributed by atoms with E-state index >= 15 is 0 Å². The molecule has 5 N–H and O–H groups in total. The Morgan fingerprint density at radius 2 is 2.17 bits per heavy atom. The standard InChI is InChI=1S/C10H14N4O3.ClH/c1-6(5-11)13-10(15)7-2-3-8(12)9(4-7)14(16)17;/h2-4,6H,5,11-12H2,1H3,(H,13,15);1H/t6-;/m0./s1. The van der Waals surface area contributed by atoms with Gasteiger partial charge in [-0.3, -0.25) is 14.9 Å². The van der Waals surface area contributed by atoms with E-state index in [1.165, 1.54) is 12.1 Å². The molecule has 0 bridgehead atoms. The Hall–Kier alpha value is -1.86. The van der Waals surface area contributed by atoms with Crippen LogP contribution in [0.4, 0.5) is 11.4 Å². The van der Waals surface area contributed by atoms with Gasteiger partial charge in [-0.25, -0.2) is 0 Å². The molecule has 0 unspecified atom stereocenters. The molecule has 0 fully saturated rings. The maximum atomic E-state index is 11.7. The van der Waals surface area contributed by atoms with E-state index in [2.05, 4.69) is 5.32 Å². The number of benzene rings is 1. The van der Waals surface area contributed by atoms with Gasteiger partial charge in [-0.05, 0) is 19.1 Å². The number of rotatable bonds is 4. The number of hydrogen-bond acceptors (Lipinski definition) is 5. The van der Waals surface area contributed by atoms with E-state index in [9.17, 15) is 14.9 Å². The molecule has 7 nitrogen and oxygen atoms in total. The van der Waals surface area contributed by atoms with Crippen LogP contribution in [-0.2, 0) is 0 Å². The van der Waals surface area contributed by atoms with E-state index in [0.717, 1.165) is 6.07 Å². The molecule has 1 atom stereocenters. The van der Waals surface area contributed by atoms with Crippen molar-refractivity contribution in [2.24, 2.45) is 5.73 Å². The second-order valence-electron chi connectivity index (χ2n) is 3.64. The van der Waals surface area contributed by atoms with Crippen LogP contribution in [0, 0.1) is 10.1 Å². The summed E-state index contributed by atoms with van der Waals surface area (Å²) >= 11 is 0. The number of carbonyl (C=O) groups excluding carboxylic acids is 1. The molecule has 0 radical (unpaired) electrons. The first-order chi connectivity index (χ1) is 7.95. The molecule has 8 heteroatoms. The van der Waals surface area contributed by atoms with Crippen molar-refractivity contribution < 1.29 is 9.72 Å². The van der Waals surface area contributed by atoms with Gasteiger partial charge in [0.2, 0.25) is 0 Å². The Bertz CT molecular complexity index is 453. The van der Waals surface area contributed by atoms with Gasteiger partial charge in [0.1, 0.15) is 5.69 Å². The van der Waals surface area contributed by atoms with Gasteiger partial charge >= 0.3 is 0 Å².